The molecule has 0 unspecified atom stereocenters. The summed E-state index contributed by atoms with van der Waals surface area (Å²) in [5.74, 6) is 0. The normalized spacial score (nSPS) is 9.92. The summed E-state index contributed by atoms with van der Waals surface area (Å²) in [4.78, 5) is 3.74. The van der Waals surface area contributed by atoms with Gasteiger partial charge in [-0.1, -0.05) is 0 Å². The third-order valence-electron chi connectivity index (χ3n) is 1.34. The Labute approximate surface area is 68.5 Å². The fourth-order valence-electron chi connectivity index (χ4n) is 0.879. The Morgan fingerprint density at radius 3 is 2.67 bits per heavy atom. The molecule has 0 aliphatic heterocycles. The van der Waals surface area contributed by atoms with Crippen LogP contribution >= 0.6 is 0 Å². The van der Waals surface area contributed by atoms with Crippen LogP contribution in [0.2, 0.25) is 0 Å². The van der Waals surface area contributed by atoms with Crippen LogP contribution in [0.5, 0.6) is 0 Å². The van der Waals surface area contributed by atoms with E-state index in [4.69, 9.17) is 5.26 Å². The summed E-state index contributed by atoms with van der Waals surface area (Å²) in [5.41, 5.74) is 0.314. The first kappa shape index (κ1) is 8.60. The molecule has 62 valence electrons. The predicted molar refractivity (Wildman–Crippen MR) is 38.6 cm³/mol. The maximum atomic E-state index is 12.1. The van der Waals surface area contributed by atoms with Crippen LogP contribution in [0, 0.1) is 18.3 Å². The van der Waals surface area contributed by atoms with E-state index in [1.807, 2.05) is 0 Å². The van der Waals surface area contributed by atoms with E-state index in [0.29, 0.717) is 5.69 Å². The Balaban J connectivity index is 3.17. The fraction of sp³-hybridized carbons (Fsp3) is 0.250. The van der Waals surface area contributed by atoms with E-state index in [9.17, 15) is 8.78 Å². The number of rotatable bonds is 1. The first-order chi connectivity index (χ1) is 5.63. The molecule has 0 spiro atoms. The van der Waals surface area contributed by atoms with E-state index in [2.05, 4.69) is 4.98 Å². The number of hydrogen-bond donors (Lipinski definition) is 0. The van der Waals surface area contributed by atoms with E-state index in [-0.39, 0.29) is 11.3 Å². The lowest BCUT2D eigenvalue weighted by molar-refractivity contribution is 0.151. The van der Waals surface area contributed by atoms with E-state index >= 15 is 0 Å². The third kappa shape index (κ3) is 1.76. The number of alkyl halides is 2. The minimum Gasteiger partial charge on any atom is -0.242 e. The molecule has 1 rings (SSSR count). The molecule has 0 N–H and O–H groups in total. The zero-order chi connectivity index (χ0) is 9.14. The average Bonchev–Trinajstić information content (AvgIpc) is 2.03. The number of pyridine rings is 1. The number of aromatic nitrogens is 1. The molecule has 0 aliphatic carbocycles. The molecule has 0 bridgehead atoms. The van der Waals surface area contributed by atoms with Gasteiger partial charge < -0.3 is 0 Å². The Hall–Kier alpha value is -1.50. The van der Waals surface area contributed by atoms with Gasteiger partial charge in [0.25, 0.3) is 6.43 Å². The van der Waals surface area contributed by atoms with Gasteiger partial charge in [-0.2, -0.15) is 5.26 Å². The molecule has 0 aliphatic rings. The lowest BCUT2D eigenvalue weighted by atomic mass is 10.2. The summed E-state index contributed by atoms with van der Waals surface area (Å²) >= 11 is 0. The topological polar surface area (TPSA) is 36.7 Å². The van der Waals surface area contributed by atoms with Crippen molar-refractivity contribution in [2.24, 2.45) is 0 Å². The highest BCUT2D eigenvalue weighted by Gasteiger charge is 2.08. The second-order valence-corrected chi connectivity index (χ2v) is 2.34. The van der Waals surface area contributed by atoms with Gasteiger partial charge in [-0.25, -0.2) is 13.8 Å². The number of aryl methyl sites for hydroxylation is 1. The Kier molecular flexibility index (Phi) is 2.34. The minimum atomic E-state index is -2.54. The lowest BCUT2D eigenvalue weighted by Crippen LogP contribution is -1.92. The van der Waals surface area contributed by atoms with Crippen LogP contribution in [-0.2, 0) is 0 Å². The van der Waals surface area contributed by atoms with Gasteiger partial charge in [0.15, 0.2) is 0 Å². The van der Waals surface area contributed by atoms with Gasteiger partial charge in [0.05, 0.1) is 0 Å². The van der Waals surface area contributed by atoms with Crippen molar-refractivity contribution in [1.29, 1.82) is 5.26 Å². The largest absolute Gasteiger partial charge is 0.264 e. The Bertz CT molecular complexity index is 328. The Morgan fingerprint density at radius 2 is 2.17 bits per heavy atom. The molecule has 12 heavy (non-hydrogen) atoms. The smallest absolute Gasteiger partial charge is 0.242 e. The standard InChI is InChI=1S/C8H6F2N2/c1-5-2-6(8(9)10)3-7(4-11)12-5/h2-3,8H,1H3. The first-order valence-corrected chi connectivity index (χ1v) is 3.30. The van der Waals surface area contributed by atoms with Crippen molar-refractivity contribution in [2.45, 2.75) is 13.3 Å². The van der Waals surface area contributed by atoms with Crippen LogP contribution < -0.4 is 0 Å². The average molecular weight is 168 g/mol. The summed E-state index contributed by atoms with van der Waals surface area (Å²) in [5, 5.41) is 8.41. The quantitative estimate of drug-likeness (QED) is 0.644. The maximum Gasteiger partial charge on any atom is 0.264 e. The number of nitrogens with zero attached hydrogens (tertiary/aromatic N) is 2. The van der Waals surface area contributed by atoms with Crippen molar-refractivity contribution < 1.29 is 8.78 Å². The number of hydrogen-bond acceptors (Lipinski definition) is 2. The lowest BCUT2D eigenvalue weighted by Gasteiger charge is -2.00. The summed E-state index contributed by atoms with van der Waals surface area (Å²) in [6, 6.07) is 4.08. The van der Waals surface area contributed by atoms with Crippen LogP contribution in [0.15, 0.2) is 12.1 Å². The SMILES string of the molecule is Cc1cc(C(F)F)cc(C#N)n1. The van der Waals surface area contributed by atoms with Crippen molar-refractivity contribution in [3.05, 3.63) is 29.1 Å². The van der Waals surface area contributed by atoms with Crippen molar-refractivity contribution in [3.8, 4) is 6.07 Å². The molecule has 2 nitrogen and oxygen atoms in total. The third-order valence-corrected chi connectivity index (χ3v) is 1.34. The van der Waals surface area contributed by atoms with Gasteiger partial charge in [-0.15, -0.1) is 0 Å². The van der Waals surface area contributed by atoms with Gasteiger partial charge >= 0.3 is 0 Å². The number of nitriles is 1. The summed E-state index contributed by atoms with van der Waals surface area (Å²) < 4.78 is 24.3. The first-order valence-electron chi connectivity index (χ1n) is 3.30. The zero-order valence-corrected chi connectivity index (χ0v) is 6.38. The highest BCUT2D eigenvalue weighted by molar-refractivity contribution is 5.29. The highest BCUT2D eigenvalue weighted by atomic mass is 19.3. The molecular weight excluding hydrogens is 162 g/mol. The van der Waals surface area contributed by atoms with Crippen LogP contribution in [-0.4, -0.2) is 4.98 Å². The molecule has 1 aromatic rings. The summed E-state index contributed by atoms with van der Waals surface area (Å²) in [6.07, 6.45) is -2.54. The molecule has 0 fully saturated rings. The van der Waals surface area contributed by atoms with Crippen molar-refractivity contribution in [3.63, 3.8) is 0 Å². The summed E-state index contributed by atoms with van der Waals surface area (Å²) in [6.45, 7) is 1.58. The van der Waals surface area contributed by atoms with Crippen molar-refractivity contribution >= 4 is 0 Å². The summed E-state index contributed by atoms with van der Waals surface area (Å²) in [7, 11) is 0. The highest BCUT2D eigenvalue weighted by Crippen LogP contribution is 2.19. The van der Waals surface area contributed by atoms with Crippen molar-refractivity contribution in [1.82, 2.24) is 4.98 Å². The van der Waals surface area contributed by atoms with E-state index < -0.39 is 6.43 Å². The molecule has 0 amide bonds. The molecular formula is C8H6F2N2. The zero-order valence-electron chi connectivity index (χ0n) is 6.38. The van der Waals surface area contributed by atoms with E-state index in [0.717, 1.165) is 6.07 Å². The van der Waals surface area contributed by atoms with Crippen LogP contribution in [0.4, 0.5) is 8.78 Å². The minimum absolute atomic E-state index is 0.0327. The van der Waals surface area contributed by atoms with Gasteiger partial charge in [0.2, 0.25) is 0 Å². The Morgan fingerprint density at radius 1 is 1.50 bits per heavy atom. The fourth-order valence-corrected chi connectivity index (χ4v) is 0.879. The second-order valence-electron chi connectivity index (χ2n) is 2.34. The van der Waals surface area contributed by atoms with Gasteiger partial charge in [0, 0.05) is 11.3 Å². The molecule has 1 heterocycles. The molecule has 1 aromatic heterocycles. The van der Waals surface area contributed by atoms with Crippen LogP contribution in [0.3, 0.4) is 0 Å². The monoisotopic (exact) mass is 168 g/mol. The van der Waals surface area contributed by atoms with Crippen LogP contribution in [0.1, 0.15) is 23.4 Å². The second kappa shape index (κ2) is 3.26. The predicted octanol–water partition coefficient (Wildman–Crippen LogP) is 2.20. The maximum absolute atomic E-state index is 12.1. The van der Waals surface area contributed by atoms with E-state index in [1.165, 1.54) is 6.07 Å². The molecule has 0 radical (unpaired) electrons. The van der Waals surface area contributed by atoms with Crippen molar-refractivity contribution in [2.75, 3.05) is 0 Å². The molecule has 0 saturated carbocycles. The molecule has 0 atom stereocenters. The van der Waals surface area contributed by atoms with Gasteiger partial charge in [-0.05, 0) is 19.1 Å². The van der Waals surface area contributed by atoms with Crippen LogP contribution in [0.25, 0.3) is 0 Å². The molecule has 0 aromatic carbocycles. The van der Waals surface area contributed by atoms with Gasteiger partial charge in [-0.3, -0.25) is 0 Å². The molecule has 4 heteroatoms. The molecule has 0 saturated heterocycles. The van der Waals surface area contributed by atoms with Gasteiger partial charge in [0.1, 0.15) is 11.8 Å². The van der Waals surface area contributed by atoms with E-state index in [1.54, 1.807) is 13.0 Å². The number of halogens is 2.